The Labute approximate surface area is 86.9 Å². The number of nitrogens with one attached hydrogen (secondary N) is 1. The van der Waals surface area contributed by atoms with Crippen molar-refractivity contribution in [1.29, 1.82) is 0 Å². The summed E-state index contributed by atoms with van der Waals surface area (Å²) in [6.07, 6.45) is -6.05. The SMILES string of the molecule is NC(C(=O)O)C(O)c1cn[nH]c1C(F)(F)F. The number of aliphatic carboxylic acids is 1. The molecule has 90 valence electrons. The number of alkyl halides is 3. The van der Waals surface area contributed by atoms with E-state index in [1.54, 1.807) is 5.10 Å². The fourth-order valence-corrected chi connectivity index (χ4v) is 1.08. The first kappa shape index (κ1) is 12.5. The standard InChI is InChI=1S/C7H8F3N3O3/c8-7(9,10)5-2(1-12-13-5)4(14)3(11)6(15)16/h1,3-4,14H,11H2,(H,12,13)(H,15,16). The van der Waals surface area contributed by atoms with Crippen molar-refractivity contribution in [1.82, 2.24) is 10.2 Å². The number of nitrogens with zero attached hydrogens (tertiary/aromatic N) is 1. The highest BCUT2D eigenvalue weighted by atomic mass is 19.4. The molecule has 0 aromatic carbocycles. The molecular formula is C7H8F3N3O3. The molecular weight excluding hydrogens is 231 g/mol. The third kappa shape index (κ3) is 2.31. The van der Waals surface area contributed by atoms with Gasteiger partial charge in [-0.3, -0.25) is 9.89 Å². The molecule has 0 aliphatic carbocycles. The van der Waals surface area contributed by atoms with Crippen LogP contribution in [0.15, 0.2) is 6.20 Å². The Morgan fingerprint density at radius 1 is 1.56 bits per heavy atom. The van der Waals surface area contributed by atoms with Crippen molar-refractivity contribution in [2.75, 3.05) is 0 Å². The number of carboxylic acids is 1. The average Bonchev–Trinajstić information content (AvgIpc) is 2.62. The van der Waals surface area contributed by atoms with E-state index < -0.39 is 35.5 Å². The smallest absolute Gasteiger partial charge is 0.433 e. The number of aliphatic hydroxyl groups excluding tert-OH is 1. The van der Waals surface area contributed by atoms with E-state index in [1.807, 2.05) is 0 Å². The second kappa shape index (κ2) is 4.10. The first-order chi connectivity index (χ1) is 7.25. The first-order valence-corrected chi connectivity index (χ1v) is 4.02. The van der Waals surface area contributed by atoms with E-state index >= 15 is 0 Å². The van der Waals surface area contributed by atoms with Gasteiger partial charge < -0.3 is 15.9 Å². The summed E-state index contributed by atoms with van der Waals surface area (Å²) in [6, 6.07) is -1.85. The normalized spacial score (nSPS) is 15.8. The van der Waals surface area contributed by atoms with E-state index in [9.17, 15) is 23.1 Å². The number of hydrogen-bond acceptors (Lipinski definition) is 4. The maximum atomic E-state index is 12.3. The lowest BCUT2D eigenvalue weighted by atomic mass is 10.0. The van der Waals surface area contributed by atoms with Crippen molar-refractivity contribution < 1.29 is 28.2 Å². The Bertz CT molecular complexity index is 390. The van der Waals surface area contributed by atoms with Crippen molar-refractivity contribution in [3.63, 3.8) is 0 Å². The summed E-state index contributed by atoms with van der Waals surface area (Å²) < 4.78 is 37.0. The van der Waals surface area contributed by atoms with Gasteiger partial charge in [-0.1, -0.05) is 0 Å². The van der Waals surface area contributed by atoms with E-state index in [-0.39, 0.29) is 0 Å². The minimum absolute atomic E-state index is 0.691. The van der Waals surface area contributed by atoms with E-state index in [0.717, 1.165) is 0 Å². The maximum Gasteiger partial charge on any atom is 0.433 e. The Morgan fingerprint density at radius 2 is 2.12 bits per heavy atom. The Morgan fingerprint density at radius 3 is 2.56 bits per heavy atom. The Kier molecular flexibility index (Phi) is 3.19. The quantitative estimate of drug-likeness (QED) is 0.587. The lowest BCUT2D eigenvalue weighted by Gasteiger charge is -2.15. The van der Waals surface area contributed by atoms with Gasteiger partial charge in [-0.2, -0.15) is 18.3 Å². The molecule has 1 heterocycles. The van der Waals surface area contributed by atoms with Crippen LogP contribution in [0.5, 0.6) is 0 Å². The fraction of sp³-hybridized carbons (Fsp3) is 0.429. The molecule has 0 spiro atoms. The molecule has 0 amide bonds. The number of halogens is 3. The van der Waals surface area contributed by atoms with Gasteiger partial charge in [-0.25, -0.2) is 0 Å². The summed E-state index contributed by atoms with van der Waals surface area (Å²) in [6.45, 7) is 0. The highest BCUT2D eigenvalue weighted by Crippen LogP contribution is 2.33. The number of aromatic nitrogens is 2. The first-order valence-electron chi connectivity index (χ1n) is 4.02. The zero-order valence-electron chi connectivity index (χ0n) is 7.69. The molecule has 9 heteroatoms. The van der Waals surface area contributed by atoms with E-state index in [4.69, 9.17) is 10.8 Å². The van der Waals surface area contributed by atoms with Gasteiger partial charge in [0.15, 0.2) is 0 Å². The van der Waals surface area contributed by atoms with Crippen LogP contribution in [0.3, 0.4) is 0 Å². The molecule has 6 nitrogen and oxygen atoms in total. The summed E-state index contributed by atoms with van der Waals surface area (Å²) in [5, 5.41) is 22.5. The lowest BCUT2D eigenvalue weighted by molar-refractivity contribution is -0.146. The Hall–Kier alpha value is -1.61. The van der Waals surface area contributed by atoms with Crippen molar-refractivity contribution >= 4 is 5.97 Å². The summed E-state index contributed by atoms with van der Waals surface area (Å²) in [4.78, 5) is 10.4. The lowest BCUT2D eigenvalue weighted by Crippen LogP contribution is -2.37. The van der Waals surface area contributed by atoms with Crippen LogP contribution in [-0.2, 0) is 11.0 Å². The predicted octanol–water partition coefficient (Wildman–Crippen LogP) is -0.126. The van der Waals surface area contributed by atoms with Crippen molar-refractivity contribution in [2.45, 2.75) is 18.3 Å². The second-order valence-electron chi connectivity index (χ2n) is 3.01. The van der Waals surface area contributed by atoms with Crippen LogP contribution in [0.4, 0.5) is 13.2 Å². The molecule has 1 aromatic heterocycles. The van der Waals surface area contributed by atoms with Gasteiger partial charge in [-0.15, -0.1) is 0 Å². The predicted molar refractivity (Wildman–Crippen MR) is 44.2 cm³/mol. The zero-order chi connectivity index (χ0) is 12.5. The molecule has 0 saturated heterocycles. The van der Waals surface area contributed by atoms with Gasteiger partial charge in [0.1, 0.15) is 17.8 Å². The number of carboxylic acid groups (broad SMARTS) is 1. The number of rotatable bonds is 3. The van der Waals surface area contributed by atoms with E-state index in [0.29, 0.717) is 6.20 Å². The van der Waals surface area contributed by atoms with Crippen LogP contribution in [-0.4, -0.2) is 32.4 Å². The number of H-pyrrole nitrogens is 1. The molecule has 0 aliphatic rings. The largest absolute Gasteiger partial charge is 0.480 e. The molecule has 0 saturated carbocycles. The van der Waals surface area contributed by atoms with Gasteiger partial charge in [0.25, 0.3) is 0 Å². The highest BCUT2D eigenvalue weighted by Gasteiger charge is 2.39. The van der Waals surface area contributed by atoms with Crippen LogP contribution in [0, 0.1) is 0 Å². The Balaban J connectivity index is 3.06. The van der Waals surface area contributed by atoms with Gasteiger partial charge >= 0.3 is 12.1 Å². The third-order valence-corrected chi connectivity index (χ3v) is 1.90. The van der Waals surface area contributed by atoms with E-state index in [1.165, 1.54) is 0 Å². The minimum atomic E-state index is -4.76. The minimum Gasteiger partial charge on any atom is -0.480 e. The molecule has 0 radical (unpaired) electrons. The molecule has 1 aromatic rings. The molecule has 0 fully saturated rings. The zero-order valence-corrected chi connectivity index (χ0v) is 7.69. The van der Waals surface area contributed by atoms with Gasteiger partial charge in [-0.05, 0) is 0 Å². The molecule has 2 atom stereocenters. The van der Waals surface area contributed by atoms with Crippen LogP contribution < -0.4 is 5.73 Å². The molecule has 5 N–H and O–H groups in total. The van der Waals surface area contributed by atoms with Crippen molar-refractivity contribution in [2.24, 2.45) is 5.73 Å². The van der Waals surface area contributed by atoms with Crippen LogP contribution in [0.2, 0.25) is 0 Å². The fourth-order valence-electron chi connectivity index (χ4n) is 1.08. The summed E-state index contributed by atoms with van der Waals surface area (Å²) in [7, 11) is 0. The summed E-state index contributed by atoms with van der Waals surface area (Å²) in [5.74, 6) is -1.61. The van der Waals surface area contributed by atoms with Crippen LogP contribution >= 0.6 is 0 Å². The monoisotopic (exact) mass is 239 g/mol. The third-order valence-electron chi connectivity index (χ3n) is 1.90. The van der Waals surface area contributed by atoms with Gasteiger partial charge in [0, 0.05) is 5.56 Å². The molecule has 2 unspecified atom stereocenters. The summed E-state index contributed by atoms with van der Waals surface area (Å²) in [5.41, 5.74) is 3.00. The highest BCUT2D eigenvalue weighted by molar-refractivity contribution is 5.74. The number of aromatic amines is 1. The van der Waals surface area contributed by atoms with Crippen molar-refractivity contribution in [3.05, 3.63) is 17.5 Å². The molecule has 16 heavy (non-hydrogen) atoms. The van der Waals surface area contributed by atoms with Crippen LogP contribution in [0.25, 0.3) is 0 Å². The van der Waals surface area contributed by atoms with Gasteiger partial charge in [0.05, 0.1) is 6.20 Å². The number of aliphatic hydroxyl groups is 1. The molecule has 0 bridgehead atoms. The van der Waals surface area contributed by atoms with Crippen LogP contribution in [0.1, 0.15) is 17.4 Å². The van der Waals surface area contributed by atoms with E-state index in [2.05, 4.69) is 5.10 Å². The maximum absolute atomic E-state index is 12.3. The van der Waals surface area contributed by atoms with Gasteiger partial charge in [0.2, 0.25) is 0 Å². The number of nitrogens with two attached hydrogens (primary N) is 1. The number of carbonyl (C=O) groups is 1. The average molecular weight is 239 g/mol. The molecule has 0 aliphatic heterocycles. The number of hydrogen-bond donors (Lipinski definition) is 4. The second-order valence-corrected chi connectivity index (χ2v) is 3.01. The topological polar surface area (TPSA) is 112 Å². The summed E-state index contributed by atoms with van der Waals surface area (Å²) >= 11 is 0. The van der Waals surface area contributed by atoms with Crippen molar-refractivity contribution in [3.8, 4) is 0 Å². The molecule has 1 rings (SSSR count).